The summed E-state index contributed by atoms with van der Waals surface area (Å²) < 4.78 is 23.4. The molecule has 1 saturated carbocycles. The molecule has 0 spiro atoms. The van der Waals surface area contributed by atoms with Crippen molar-refractivity contribution in [2.45, 2.75) is 39.0 Å². The Morgan fingerprint density at radius 1 is 1.03 bits per heavy atom. The molecule has 1 amide bonds. The van der Waals surface area contributed by atoms with Crippen LogP contribution >= 0.6 is 22.7 Å². The number of carbonyl (C=O) groups excluding carboxylic acids is 3. The molecule has 1 aliphatic rings. The molecular formula is C24H27NO7S2. The van der Waals surface area contributed by atoms with E-state index in [1.165, 1.54) is 49.0 Å². The van der Waals surface area contributed by atoms with Gasteiger partial charge in [-0.15, -0.1) is 22.7 Å². The largest absolute Gasteiger partial charge is 0.479 e. The van der Waals surface area contributed by atoms with Gasteiger partial charge in [0.25, 0.3) is 0 Å². The lowest BCUT2D eigenvalue weighted by Gasteiger charge is -2.21. The van der Waals surface area contributed by atoms with E-state index in [4.69, 9.17) is 18.9 Å². The number of ether oxygens (including phenoxy) is 4. The number of hydrogen-bond acceptors (Lipinski definition) is 9. The van der Waals surface area contributed by atoms with E-state index in [1.807, 2.05) is 18.2 Å². The molecule has 2 aromatic heterocycles. The van der Waals surface area contributed by atoms with Gasteiger partial charge in [-0.25, -0.2) is 14.4 Å². The number of esters is 2. The van der Waals surface area contributed by atoms with Gasteiger partial charge in [0.05, 0.1) is 40.1 Å². The molecule has 1 aliphatic carbocycles. The van der Waals surface area contributed by atoms with Crippen LogP contribution < -0.4 is 10.1 Å². The fraction of sp³-hybridized carbons (Fsp3) is 0.458. The summed E-state index contributed by atoms with van der Waals surface area (Å²) in [4.78, 5) is 36.9. The number of rotatable bonds is 8. The molecule has 0 unspecified atom stereocenters. The Hall–Kier alpha value is -2.85. The highest BCUT2D eigenvalue weighted by molar-refractivity contribution is 7.34. The van der Waals surface area contributed by atoms with Crippen molar-refractivity contribution < 1.29 is 33.3 Å². The SMILES string of the molecule is CCOC(=O)COc1c(C(=O)OC)sc2c1sc1c(NC(=O)OCC3CCCCC3)cccc12. The molecule has 0 aliphatic heterocycles. The highest BCUT2D eigenvalue weighted by atomic mass is 32.1. The van der Waals surface area contributed by atoms with Gasteiger partial charge in [-0.05, 0) is 31.7 Å². The first kappa shape index (κ1) is 24.3. The standard InChI is InChI=1S/C24H27NO7S2/c1-3-30-17(26)13-31-18-21-20(34-22(18)23(27)29-2)15-10-7-11-16(19(15)33-21)25-24(28)32-12-14-8-5-4-6-9-14/h7,10-11,14H,3-6,8-9,12-13H2,1-2H3,(H,25,28). The van der Waals surface area contributed by atoms with Crippen LogP contribution in [0.1, 0.15) is 48.7 Å². The topological polar surface area (TPSA) is 100 Å². The molecule has 2 heterocycles. The summed E-state index contributed by atoms with van der Waals surface area (Å²) in [5.74, 6) is -0.354. The molecule has 4 rings (SSSR count). The zero-order chi connectivity index (χ0) is 24.1. The van der Waals surface area contributed by atoms with Crippen LogP contribution in [0.2, 0.25) is 0 Å². The Morgan fingerprint density at radius 2 is 1.82 bits per heavy atom. The lowest BCUT2D eigenvalue weighted by atomic mass is 9.90. The first-order chi connectivity index (χ1) is 16.5. The Bertz CT molecular complexity index is 1190. The average Bonchev–Trinajstić information content (AvgIpc) is 3.39. The van der Waals surface area contributed by atoms with Crippen molar-refractivity contribution in [2.75, 3.05) is 32.2 Å². The molecule has 10 heteroatoms. The highest BCUT2D eigenvalue weighted by Gasteiger charge is 2.26. The van der Waals surface area contributed by atoms with Crippen LogP contribution in [0.15, 0.2) is 18.2 Å². The summed E-state index contributed by atoms with van der Waals surface area (Å²) in [6, 6.07) is 5.56. The third kappa shape index (κ3) is 5.28. The molecule has 1 aromatic carbocycles. The number of amides is 1. The van der Waals surface area contributed by atoms with E-state index in [-0.39, 0.29) is 23.8 Å². The summed E-state index contributed by atoms with van der Waals surface area (Å²) in [5, 5.41) is 3.72. The van der Waals surface area contributed by atoms with Crippen LogP contribution in [-0.2, 0) is 19.0 Å². The van der Waals surface area contributed by atoms with Crippen LogP contribution in [0, 0.1) is 5.92 Å². The number of fused-ring (bicyclic) bond motifs is 3. The normalized spacial score (nSPS) is 14.2. The van der Waals surface area contributed by atoms with E-state index in [0.29, 0.717) is 22.9 Å². The quantitative estimate of drug-likeness (QED) is 0.297. The number of benzene rings is 1. The summed E-state index contributed by atoms with van der Waals surface area (Å²) in [6.45, 7) is 2.05. The van der Waals surface area contributed by atoms with Crippen molar-refractivity contribution >= 4 is 65.9 Å². The molecule has 1 N–H and O–H groups in total. The van der Waals surface area contributed by atoms with Crippen molar-refractivity contribution in [3.8, 4) is 5.75 Å². The summed E-state index contributed by atoms with van der Waals surface area (Å²) >= 11 is 2.60. The molecule has 1 fully saturated rings. The van der Waals surface area contributed by atoms with Crippen molar-refractivity contribution in [3.63, 3.8) is 0 Å². The van der Waals surface area contributed by atoms with Gasteiger partial charge in [0.1, 0.15) is 0 Å². The third-order valence-electron chi connectivity index (χ3n) is 5.71. The minimum Gasteiger partial charge on any atom is -0.479 e. The van der Waals surface area contributed by atoms with E-state index in [9.17, 15) is 14.4 Å². The highest BCUT2D eigenvalue weighted by Crippen LogP contribution is 2.49. The molecule has 0 atom stereocenters. The van der Waals surface area contributed by atoms with Crippen LogP contribution in [0.3, 0.4) is 0 Å². The maximum absolute atomic E-state index is 12.5. The lowest BCUT2D eigenvalue weighted by molar-refractivity contribution is -0.145. The molecule has 182 valence electrons. The Labute approximate surface area is 205 Å². The number of nitrogens with one attached hydrogen (secondary N) is 1. The van der Waals surface area contributed by atoms with Crippen LogP contribution in [0.5, 0.6) is 5.75 Å². The van der Waals surface area contributed by atoms with Gasteiger partial charge < -0.3 is 18.9 Å². The van der Waals surface area contributed by atoms with Crippen LogP contribution in [0.25, 0.3) is 19.5 Å². The molecule has 0 bridgehead atoms. The van der Waals surface area contributed by atoms with Gasteiger partial charge in [-0.1, -0.05) is 31.4 Å². The van der Waals surface area contributed by atoms with Gasteiger partial charge in [-0.2, -0.15) is 0 Å². The van der Waals surface area contributed by atoms with Crippen LogP contribution in [0.4, 0.5) is 10.5 Å². The second-order valence-electron chi connectivity index (χ2n) is 8.02. The fourth-order valence-electron chi connectivity index (χ4n) is 4.08. The van der Waals surface area contributed by atoms with Gasteiger partial charge in [0.15, 0.2) is 17.2 Å². The molecular weight excluding hydrogens is 478 g/mol. The zero-order valence-electron chi connectivity index (χ0n) is 19.1. The predicted molar refractivity (Wildman–Crippen MR) is 132 cm³/mol. The van der Waals surface area contributed by atoms with E-state index in [2.05, 4.69) is 5.32 Å². The molecule has 0 radical (unpaired) electrons. The second kappa shape index (κ2) is 11.1. The number of methoxy groups -OCH3 is 1. The van der Waals surface area contributed by atoms with E-state index >= 15 is 0 Å². The molecule has 8 nitrogen and oxygen atoms in total. The van der Waals surface area contributed by atoms with Gasteiger partial charge in [0.2, 0.25) is 0 Å². The first-order valence-electron chi connectivity index (χ1n) is 11.3. The summed E-state index contributed by atoms with van der Waals surface area (Å²) in [6.07, 6.45) is 5.35. The number of thiophene rings is 2. The van der Waals surface area contributed by atoms with E-state index in [0.717, 1.165) is 27.6 Å². The summed E-state index contributed by atoms with van der Waals surface area (Å²) in [7, 11) is 1.30. The Morgan fingerprint density at radius 3 is 2.56 bits per heavy atom. The minimum atomic E-state index is -0.541. The second-order valence-corrected chi connectivity index (χ2v) is 10.1. The van der Waals surface area contributed by atoms with Crippen molar-refractivity contribution in [2.24, 2.45) is 5.92 Å². The predicted octanol–water partition coefficient (Wildman–Crippen LogP) is 5.97. The van der Waals surface area contributed by atoms with Crippen LogP contribution in [-0.4, -0.2) is 45.0 Å². The third-order valence-corrected chi connectivity index (χ3v) is 8.26. The smallest absolute Gasteiger partial charge is 0.411 e. The zero-order valence-corrected chi connectivity index (χ0v) is 20.8. The molecule has 34 heavy (non-hydrogen) atoms. The summed E-state index contributed by atoms with van der Waals surface area (Å²) in [5.41, 5.74) is 0.621. The van der Waals surface area contributed by atoms with Gasteiger partial charge in [-0.3, -0.25) is 5.32 Å². The maximum atomic E-state index is 12.5. The molecule has 0 saturated heterocycles. The van der Waals surface area contributed by atoms with E-state index in [1.54, 1.807) is 6.92 Å². The van der Waals surface area contributed by atoms with Crippen molar-refractivity contribution in [1.82, 2.24) is 0 Å². The van der Waals surface area contributed by atoms with Gasteiger partial charge >= 0.3 is 18.0 Å². The van der Waals surface area contributed by atoms with Gasteiger partial charge in [0, 0.05) is 5.39 Å². The van der Waals surface area contributed by atoms with Crippen molar-refractivity contribution in [1.29, 1.82) is 0 Å². The Balaban J connectivity index is 1.59. The Kier molecular flexibility index (Phi) is 7.89. The number of anilines is 1. The maximum Gasteiger partial charge on any atom is 0.411 e. The fourth-order valence-corrected chi connectivity index (χ4v) is 6.72. The number of hydrogen-bond donors (Lipinski definition) is 1. The monoisotopic (exact) mass is 505 g/mol. The first-order valence-corrected chi connectivity index (χ1v) is 12.9. The van der Waals surface area contributed by atoms with E-state index < -0.39 is 18.0 Å². The lowest BCUT2D eigenvalue weighted by Crippen LogP contribution is -2.20. The average molecular weight is 506 g/mol. The minimum absolute atomic E-state index is 0.236. The number of carbonyl (C=O) groups is 3. The molecule has 3 aromatic rings. The van der Waals surface area contributed by atoms with Crippen molar-refractivity contribution in [3.05, 3.63) is 23.1 Å².